The molecule has 2 aromatic heterocycles. The first-order valence-electron chi connectivity index (χ1n) is 4.91. The maximum absolute atomic E-state index is 8.81. The summed E-state index contributed by atoms with van der Waals surface area (Å²) < 4.78 is 1.62. The van der Waals surface area contributed by atoms with Gasteiger partial charge in [0.05, 0.1) is 13.2 Å². The molecule has 0 bridgehead atoms. The minimum atomic E-state index is 0.0587. The van der Waals surface area contributed by atoms with Crippen molar-refractivity contribution in [3.8, 4) is 0 Å². The first-order valence-corrected chi connectivity index (χ1v) is 6.84. The van der Waals surface area contributed by atoms with Crippen LogP contribution in [0, 0.1) is 0 Å². The van der Waals surface area contributed by atoms with E-state index in [9.17, 15) is 0 Å². The molecule has 0 atom stereocenters. The Morgan fingerprint density at radius 3 is 3.19 bits per heavy atom. The van der Waals surface area contributed by atoms with E-state index in [1.54, 1.807) is 27.8 Å². The van der Waals surface area contributed by atoms with Crippen molar-refractivity contribution in [1.82, 2.24) is 20.2 Å². The van der Waals surface area contributed by atoms with E-state index in [0.717, 1.165) is 17.3 Å². The maximum atomic E-state index is 8.81. The number of aliphatic hydroxyl groups is 1. The number of thioether (sulfide) groups is 1. The van der Waals surface area contributed by atoms with Crippen LogP contribution in [0.1, 0.15) is 5.56 Å². The molecule has 86 valence electrons. The Labute approximate surface area is 101 Å². The first-order chi connectivity index (χ1) is 7.90. The van der Waals surface area contributed by atoms with E-state index >= 15 is 0 Å². The molecule has 0 amide bonds. The average Bonchev–Trinajstić information content (AvgIpc) is 2.91. The molecule has 0 fully saturated rings. The van der Waals surface area contributed by atoms with E-state index in [4.69, 9.17) is 5.11 Å². The number of nitrogens with zero attached hydrogens (tertiary/aromatic N) is 4. The van der Waals surface area contributed by atoms with Crippen LogP contribution in [0.5, 0.6) is 0 Å². The number of tetrazole rings is 1. The van der Waals surface area contributed by atoms with Crippen LogP contribution in [0.3, 0.4) is 0 Å². The van der Waals surface area contributed by atoms with Crippen LogP contribution >= 0.6 is 23.1 Å². The topological polar surface area (TPSA) is 63.8 Å². The van der Waals surface area contributed by atoms with E-state index in [0.29, 0.717) is 6.54 Å². The lowest BCUT2D eigenvalue weighted by molar-refractivity contribution is 0.262. The van der Waals surface area contributed by atoms with Crippen LogP contribution in [-0.4, -0.2) is 37.7 Å². The van der Waals surface area contributed by atoms with Crippen LogP contribution in [0.4, 0.5) is 0 Å². The molecule has 0 spiro atoms. The Bertz CT molecular complexity index is 415. The Morgan fingerprint density at radius 1 is 1.50 bits per heavy atom. The molecule has 7 heteroatoms. The van der Waals surface area contributed by atoms with Crippen molar-refractivity contribution in [2.75, 3.05) is 12.4 Å². The Morgan fingerprint density at radius 2 is 2.44 bits per heavy atom. The van der Waals surface area contributed by atoms with Gasteiger partial charge in [0.2, 0.25) is 5.16 Å². The first kappa shape index (κ1) is 11.6. The number of aryl methyl sites for hydroxylation is 1. The van der Waals surface area contributed by atoms with Gasteiger partial charge in [0.15, 0.2) is 0 Å². The zero-order valence-corrected chi connectivity index (χ0v) is 10.2. The van der Waals surface area contributed by atoms with Gasteiger partial charge in [-0.2, -0.15) is 11.3 Å². The molecule has 2 rings (SSSR count). The Hall–Kier alpha value is -0.920. The second kappa shape index (κ2) is 5.97. The summed E-state index contributed by atoms with van der Waals surface area (Å²) in [7, 11) is 0. The lowest BCUT2D eigenvalue weighted by atomic mass is 10.3. The van der Waals surface area contributed by atoms with Crippen LogP contribution in [-0.2, 0) is 13.0 Å². The molecule has 2 aromatic rings. The summed E-state index contributed by atoms with van der Waals surface area (Å²) in [6, 6.07) is 2.13. The smallest absolute Gasteiger partial charge is 0.209 e. The predicted octanol–water partition coefficient (Wildman–Crippen LogP) is 1.06. The van der Waals surface area contributed by atoms with Crippen molar-refractivity contribution < 1.29 is 5.11 Å². The molecular formula is C9H12N4OS2. The molecule has 0 saturated carbocycles. The highest BCUT2D eigenvalue weighted by atomic mass is 32.2. The summed E-state index contributed by atoms with van der Waals surface area (Å²) in [6.45, 7) is 0.511. The van der Waals surface area contributed by atoms with Gasteiger partial charge in [-0.05, 0) is 39.2 Å². The third kappa shape index (κ3) is 3.03. The molecule has 2 heterocycles. The molecule has 0 unspecified atom stereocenters. The van der Waals surface area contributed by atoms with Gasteiger partial charge in [0.25, 0.3) is 0 Å². The third-order valence-corrected chi connectivity index (χ3v) is 3.70. The van der Waals surface area contributed by atoms with Crippen molar-refractivity contribution in [3.63, 3.8) is 0 Å². The van der Waals surface area contributed by atoms with Gasteiger partial charge in [-0.15, -0.1) is 5.10 Å². The van der Waals surface area contributed by atoms with E-state index in [1.165, 1.54) is 5.56 Å². The summed E-state index contributed by atoms with van der Waals surface area (Å²) in [5.41, 5.74) is 1.35. The van der Waals surface area contributed by atoms with E-state index in [2.05, 4.69) is 32.4 Å². The highest BCUT2D eigenvalue weighted by molar-refractivity contribution is 7.99. The lowest BCUT2D eigenvalue weighted by Gasteiger charge is -2.01. The molecule has 0 aliphatic carbocycles. The zero-order valence-electron chi connectivity index (χ0n) is 8.61. The van der Waals surface area contributed by atoms with Gasteiger partial charge >= 0.3 is 0 Å². The van der Waals surface area contributed by atoms with Gasteiger partial charge < -0.3 is 5.11 Å². The third-order valence-electron chi connectivity index (χ3n) is 2.01. The minimum Gasteiger partial charge on any atom is -0.394 e. The van der Waals surface area contributed by atoms with E-state index in [-0.39, 0.29) is 6.61 Å². The normalized spacial score (nSPS) is 10.8. The summed E-state index contributed by atoms with van der Waals surface area (Å²) in [5, 5.41) is 25.1. The summed E-state index contributed by atoms with van der Waals surface area (Å²) in [6.07, 6.45) is 1.01. The van der Waals surface area contributed by atoms with Crippen LogP contribution in [0.25, 0.3) is 0 Å². The summed E-state index contributed by atoms with van der Waals surface area (Å²) >= 11 is 3.32. The SMILES string of the molecule is OCCn1nnnc1SCCc1ccsc1. The minimum absolute atomic E-state index is 0.0587. The van der Waals surface area contributed by atoms with E-state index in [1.807, 2.05) is 0 Å². The predicted molar refractivity (Wildman–Crippen MR) is 63.6 cm³/mol. The number of hydrogen-bond donors (Lipinski definition) is 1. The van der Waals surface area contributed by atoms with Gasteiger partial charge in [0, 0.05) is 5.75 Å². The molecule has 16 heavy (non-hydrogen) atoms. The van der Waals surface area contributed by atoms with Gasteiger partial charge in [-0.3, -0.25) is 0 Å². The highest BCUT2D eigenvalue weighted by Crippen LogP contribution is 2.16. The average molecular weight is 256 g/mol. The van der Waals surface area contributed by atoms with Crippen molar-refractivity contribution in [1.29, 1.82) is 0 Å². The molecule has 0 aromatic carbocycles. The number of hydrogen-bond acceptors (Lipinski definition) is 6. The number of aliphatic hydroxyl groups excluding tert-OH is 1. The molecule has 1 N–H and O–H groups in total. The number of aromatic nitrogens is 4. The van der Waals surface area contributed by atoms with Crippen LogP contribution in [0.2, 0.25) is 0 Å². The molecule has 0 aliphatic rings. The fourth-order valence-corrected chi connectivity index (χ4v) is 2.82. The molecule has 0 radical (unpaired) electrons. The molecule has 0 saturated heterocycles. The van der Waals surface area contributed by atoms with Crippen molar-refractivity contribution >= 4 is 23.1 Å². The standard InChI is InChI=1S/C9H12N4OS2/c14-4-3-13-9(10-11-12-13)16-6-2-8-1-5-15-7-8/h1,5,7,14H,2-4,6H2. The number of thiophene rings is 1. The summed E-state index contributed by atoms with van der Waals surface area (Å²) in [5.74, 6) is 0.947. The highest BCUT2D eigenvalue weighted by Gasteiger charge is 2.05. The van der Waals surface area contributed by atoms with Gasteiger partial charge in [-0.1, -0.05) is 11.8 Å². The zero-order chi connectivity index (χ0) is 11.2. The second-order valence-electron chi connectivity index (χ2n) is 3.14. The van der Waals surface area contributed by atoms with Crippen molar-refractivity contribution in [2.24, 2.45) is 0 Å². The van der Waals surface area contributed by atoms with Crippen LogP contribution in [0.15, 0.2) is 22.0 Å². The fourth-order valence-electron chi connectivity index (χ4n) is 1.23. The van der Waals surface area contributed by atoms with Crippen LogP contribution < -0.4 is 0 Å². The van der Waals surface area contributed by atoms with Crippen molar-refractivity contribution in [2.45, 2.75) is 18.1 Å². The summed E-state index contributed by atoms with van der Waals surface area (Å²) in [4.78, 5) is 0. The van der Waals surface area contributed by atoms with Crippen molar-refractivity contribution in [3.05, 3.63) is 22.4 Å². The quantitative estimate of drug-likeness (QED) is 0.783. The van der Waals surface area contributed by atoms with E-state index < -0.39 is 0 Å². The molecule has 0 aliphatic heterocycles. The second-order valence-corrected chi connectivity index (χ2v) is 4.98. The Balaban J connectivity index is 1.82. The van der Waals surface area contributed by atoms with Gasteiger partial charge in [-0.25, -0.2) is 4.68 Å². The number of rotatable bonds is 6. The molecule has 5 nitrogen and oxygen atoms in total. The fraction of sp³-hybridized carbons (Fsp3) is 0.444. The largest absolute Gasteiger partial charge is 0.394 e. The van der Waals surface area contributed by atoms with Gasteiger partial charge in [0.1, 0.15) is 0 Å². The monoisotopic (exact) mass is 256 g/mol. The molecular weight excluding hydrogens is 244 g/mol. The Kier molecular flexibility index (Phi) is 4.32. The maximum Gasteiger partial charge on any atom is 0.209 e. The lowest BCUT2D eigenvalue weighted by Crippen LogP contribution is -2.06.